The van der Waals surface area contributed by atoms with Crippen LogP contribution in [0, 0.1) is 5.41 Å². The van der Waals surface area contributed by atoms with E-state index in [0.717, 1.165) is 56.8 Å². The van der Waals surface area contributed by atoms with E-state index in [1.807, 2.05) is 32.3 Å². The van der Waals surface area contributed by atoms with Gasteiger partial charge < -0.3 is 20.1 Å². The van der Waals surface area contributed by atoms with Gasteiger partial charge in [-0.3, -0.25) is 9.69 Å². The van der Waals surface area contributed by atoms with Crippen molar-refractivity contribution < 1.29 is 14.6 Å². The molecule has 2 aliphatic rings. The third kappa shape index (κ3) is 4.55. The van der Waals surface area contributed by atoms with Gasteiger partial charge in [0.05, 0.1) is 0 Å². The highest BCUT2D eigenvalue weighted by molar-refractivity contribution is 5.74. The maximum atomic E-state index is 11.9. The molecule has 0 radical (unpaired) electrons. The predicted octanol–water partition coefficient (Wildman–Crippen LogP) is 1.66. The van der Waals surface area contributed by atoms with Gasteiger partial charge in [0.25, 0.3) is 0 Å². The number of carboxylic acid groups (broad SMARTS) is 1. The highest BCUT2D eigenvalue weighted by Gasteiger charge is 2.47. The minimum atomic E-state index is -0.702. The second-order valence-corrected chi connectivity index (χ2v) is 7.97. The summed E-state index contributed by atoms with van der Waals surface area (Å²) in [5, 5.41) is 13.1. The highest BCUT2D eigenvalue weighted by atomic mass is 16.5. The molecule has 1 atom stereocenters. The topological polar surface area (TPSA) is 65.0 Å². The molecular weight excluding hydrogens is 330 g/mol. The fraction of sp³-hybridized carbons (Fsp3) is 0.650. The van der Waals surface area contributed by atoms with Crippen molar-refractivity contribution in [1.29, 1.82) is 0 Å². The lowest BCUT2D eigenvalue weighted by Crippen LogP contribution is -2.38. The van der Waals surface area contributed by atoms with Gasteiger partial charge in [-0.15, -0.1) is 0 Å². The molecule has 26 heavy (non-hydrogen) atoms. The summed E-state index contributed by atoms with van der Waals surface area (Å²) in [4.78, 5) is 16.1. The summed E-state index contributed by atoms with van der Waals surface area (Å²) >= 11 is 0. The molecule has 2 aliphatic heterocycles. The monoisotopic (exact) mass is 361 g/mol. The molecule has 1 aromatic carbocycles. The number of piperidine rings is 1. The molecule has 2 N–H and O–H groups in total. The maximum absolute atomic E-state index is 11.9. The van der Waals surface area contributed by atoms with Crippen molar-refractivity contribution in [2.75, 3.05) is 46.9 Å². The Hall–Kier alpha value is -1.63. The van der Waals surface area contributed by atoms with Crippen LogP contribution in [0.3, 0.4) is 0 Å². The number of likely N-dealkylation sites (tertiary alicyclic amines) is 1. The third-order valence-corrected chi connectivity index (χ3v) is 5.70. The molecule has 2 saturated heterocycles. The van der Waals surface area contributed by atoms with E-state index in [0.29, 0.717) is 13.2 Å². The van der Waals surface area contributed by atoms with Gasteiger partial charge in [-0.25, -0.2) is 0 Å². The molecule has 0 bridgehead atoms. The molecule has 2 fully saturated rings. The van der Waals surface area contributed by atoms with E-state index in [1.165, 1.54) is 0 Å². The van der Waals surface area contributed by atoms with Crippen LogP contribution in [0.5, 0.6) is 5.75 Å². The number of benzene rings is 1. The first kappa shape index (κ1) is 19.1. The Morgan fingerprint density at radius 3 is 2.77 bits per heavy atom. The lowest BCUT2D eigenvalue weighted by Gasteiger charge is -2.33. The quantitative estimate of drug-likeness (QED) is 0.770. The minimum Gasteiger partial charge on any atom is -0.492 e. The summed E-state index contributed by atoms with van der Waals surface area (Å²) in [5.74, 6) is 0.163. The number of hydrogen-bond donors (Lipinski definition) is 2. The zero-order chi connectivity index (χ0) is 18.6. The number of likely N-dealkylation sites (N-methyl/N-ethyl adjacent to an activating group) is 1. The summed E-state index contributed by atoms with van der Waals surface area (Å²) in [7, 11) is 4.05. The van der Waals surface area contributed by atoms with Crippen LogP contribution in [0.2, 0.25) is 0 Å². The zero-order valence-electron chi connectivity index (χ0n) is 15.9. The SMILES string of the molecule is CN(C)CCOc1ccccc1CN1CC2(CCNCC2)C[C@@H]1C(=O)O. The van der Waals surface area contributed by atoms with E-state index in [4.69, 9.17) is 4.74 Å². The van der Waals surface area contributed by atoms with Gasteiger partial charge in [-0.2, -0.15) is 0 Å². The third-order valence-electron chi connectivity index (χ3n) is 5.70. The maximum Gasteiger partial charge on any atom is 0.320 e. The molecule has 0 aliphatic carbocycles. The number of carbonyl (C=O) groups is 1. The Labute approximate surface area is 156 Å². The average molecular weight is 361 g/mol. The van der Waals surface area contributed by atoms with E-state index in [-0.39, 0.29) is 5.41 Å². The number of para-hydroxylation sites is 1. The number of ether oxygens (including phenoxy) is 1. The van der Waals surface area contributed by atoms with Crippen LogP contribution in [0.4, 0.5) is 0 Å². The smallest absolute Gasteiger partial charge is 0.320 e. The van der Waals surface area contributed by atoms with Crippen LogP contribution in [0.25, 0.3) is 0 Å². The Balaban J connectivity index is 1.71. The normalized spacial score (nSPS) is 22.8. The summed E-state index contributed by atoms with van der Waals surface area (Å²) in [6, 6.07) is 7.61. The minimum absolute atomic E-state index is 0.148. The molecule has 3 rings (SSSR count). The number of nitrogens with one attached hydrogen (secondary N) is 1. The van der Waals surface area contributed by atoms with Crippen LogP contribution >= 0.6 is 0 Å². The van der Waals surface area contributed by atoms with Crippen LogP contribution in [0.1, 0.15) is 24.8 Å². The van der Waals surface area contributed by atoms with Crippen molar-refractivity contribution in [2.45, 2.75) is 31.8 Å². The van der Waals surface area contributed by atoms with E-state index in [2.05, 4.69) is 21.2 Å². The number of nitrogens with zero attached hydrogens (tertiary/aromatic N) is 2. The van der Waals surface area contributed by atoms with Crippen LogP contribution in [0.15, 0.2) is 24.3 Å². The van der Waals surface area contributed by atoms with E-state index in [9.17, 15) is 9.90 Å². The second-order valence-electron chi connectivity index (χ2n) is 7.97. The van der Waals surface area contributed by atoms with Crippen LogP contribution < -0.4 is 10.1 Å². The average Bonchev–Trinajstić information content (AvgIpc) is 2.95. The second kappa shape index (κ2) is 8.37. The van der Waals surface area contributed by atoms with E-state index < -0.39 is 12.0 Å². The Morgan fingerprint density at radius 2 is 2.08 bits per heavy atom. The Kier molecular flexibility index (Phi) is 6.16. The number of hydrogen-bond acceptors (Lipinski definition) is 5. The Bertz CT molecular complexity index is 614. The first-order valence-electron chi connectivity index (χ1n) is 9.52. The molecule has 0 unspecified atom stereocenters. The molecule has 1 spiro atoms. The van der Waals surface area contributed by atoms with E-state index >= 15 is 0 Å². The number of aliphatic carboxylic acids is 1. The molecule has 0 saturated carbocycles. The molecule has 2 heterocycles. The molecule has 6 nitrogen and oxygen atoms in total. The van der Waals surface area contributed by atoms with E-state index in [1.54, 1.807) is 0 Å². The first-order chi connectivity index (χ1) is 12.5. The van der Waals surface area contributed by atoms with Crippen molar-refractivity contribution >= 4 is 5.97 Å². The lowest BCUT2D eigenvalue weighted by atomic mass is 9.77. The Morgan fingerprint density at radius 1 is 1.35 bits per heavy atom. The van der Waals surface area contributed by atoms with Crippen molar-refractivity contribution in [1.82, 2.24) is 15.1 Å². The van der Waals surface area contributed by atoms with Crippen molar-refractivity contribution in [3.8, 4) is 5.75 Å². The van der Waals surface area contributed by atoms with Gasteiger partial charge in [0, 0.05) is 25.2 Å². The fourth-order valence-electron chi connectivity index (χ4n) is 4.21. The number of carboxylic acids is 1. The van der Waals surface area contributed by atoms with Crippen molar-refractivity contribution in [3.63, 3.8) is 0 Å². The largest absolute Gasteiger partial charge is 0.492 e. The zero-order valence-corrected chi connectivity index (χ0v) is 15.9. The molecular formula is C20H31N3O3. The molecule has 0 amide bonds. The predicted molar refractivity (Wildman–Crippen MR) is 101 cm³/mol. The van der Waals surface area contributed by atoms with Gasteiger partial charge >= 0.3 is 5.97 Å². The van der Waals surface area contributed by atoms with Gasteiger partial charge in [-0.05, 0) is 57.9 Å². The van der Waals surface area contributed by atoms with Gasteiger partial charge in [0.15, 0.2) is 0 Å². The van der Waals surface area contributed by atoms with Gasteiger partial charge in [-0.1, -0.05) is 18.2 Å². The standard InChI is InChI=1S/C20H31N3O3/c1-22(2)11-12-26-18-6-4-3-5-16(18)14-23-15-20(7-9-21-10-8-20)13-17(23)19(24)25/h3-6,17,21H,7-15H2,1-2H3,(H,24,25)/t17-/m1/s1. The summed E-state index contributed by atoms with van der Waals surface area (Å²) in [6.07, 6.45) is 2.89. The summed E-state index contributed by atoms with van der Waals surface area (Å²) in [6.45, 7) is 4.95. The first-order valence-corrected chi connectivity index (χ1v) is 9.52. The molecule has 1 aromatic rings. The van der Waals surface area contributed by atoms with Crippen molar-refractivity contribution in [2.24, 2.45) is 5.41 Å². The number of rotatable bonds is 7. The lowest BCUT2D eigenvalue weighted by molar-refractivity contribution is -0.142. The highest BCUT2D eigenvalue weighted by Crippen LogP contribution is 2.43. The summed E-state index contributed by atoms with van der Waals surface area (Å²) in [5.41, 5.74) is 1.22. The summed E-state index contributed by atoms with van der Waals surface area (Å²) < 4.78 is 5.97. The van der Waals surface area contributed by atoms with Gasteiger partial charge in [0.2, 0.25) is 0 Å². The fourth-order valence-corrected chi connectivity index (χ4v) is 4.21. The van der Waals surface area contributed by atoms with Gasteiger partial charge in [0.1, 0.15) is 18.4 Å². The van der Waals surface area contributed by atoms with Crippen molar-refractivity contribution in [3.05, 3.63) is 29.8 Å². The molecule has 0 aromatic heterocycles. The molecule has 6 heteroatoms. The van der Waals surface area contributed by atoms with Crippen LogP contribution in [-0.2, 0) is 11.3 Å². The van der Waals surface area contributed by atoms with Crippen LogP contribution in [-0.4, -0.2) is 73.8 Å². The molecule has 144 valence electrons.